The number of thiazole rings is 1. The summed E-state index contributed by atoms with van der Waals surface area (Å²) < 4.78 is 22.5. The minimum atomic E-state index is -1.08. The molecule has 11 heteroatoms. The first-order valence-electron chi connectivity index (χ1n) is 15.1. The Hall–Kier alpha value is -3.18. The summed E-state index contributed by atoms with van der Waals surface area (Å²) in [5.41, 5.74) is 5.25. The van der Waals surface area contributed by atoms with Gasteiger partial charge in [0.05, 0.1) is 41.3 Å². The van der Waals surface area contributed by atoms with Crippen LogP contribution in [0.15, 0.2) is 73.3 Å². The predicted octanol–water partition coefficient (Wildman–Crippen LogP) is 7.09. The molecule has 5 aromatic rings. The molecule has 2 fully saturated rings. The van der Waals surface area contributed by atoms with E-state index in [2.05, 4.69) is 65.0 Å². The van der Waals surface area contributed by atoms with Gasteiger partial charge in [-0.25, -0.2) is 9.97 Å². The van der Waals surface area contributed by atoms with E-state index in [4.69, 9.17) is 42.4 Å². The summed E-state index contributed by atoms with van der Waals surface area (Å²) in [5.74, 6) is -0.201. The third-order valence-corrected chi connectivity index (χ3v) is 10.0. The summed E-state index contributed by atoms with van der Waals surface area (Å²) in [5, 5.41) is 2.23. The number of aromatic nitrogens is 3. The van der Waals surface area contributed by atoms with Crippen LogP contribution in [-0.4, -0.2) is 64.9 Å². The Morgan fingerprint density at radius 1 is 1.02 bits per heavy atom. The number of piperazine rings is 1. The van der Waals surface area contributed by atoms with E-state index in [1.54, 1.807) is 36.0 Å². The van der Waals surface area contributed by atoms with Gasteiger partial charge in [0.2, 0.25) is 5.79 Å². The average Bonchev–Trinajstić information content (AvgIpc) is 3.78. The Morgan fingerprint density at radius 2 is 1.82 bits per heavy atom. The van der Waals surface area contributed by atoms with Crippen molar-refractivity contribution in [2.75, 3.05) is 44.3 Å². The minimum Gasteiger partial charge on any atom is -0.490 e. The number of nitrogens with zero attached hydrogens (tertiary/aromatic N) is 5. The van der Waals surface area contributed by atoms with Crippen LogP contribution < -0.4 is 9.64 Å². The standard InChI is InChI=1S/C34H35Cl2N5O3S/c1-23-15-26(41-13-11-39(12-14-41)18-32-38-30-5-3-4-6-31(30)45-32)16-24(2)33(23)42-19-27-20-43-34(44-27,21-40-10-9-37-22-40)28-8-7-25(35)17-29(28)36/h3-10,15-17,22,27H,11-14,18-21H2,1-2H3. The van der Waals surface area contributed by atoms with Gasteiger partial charge < -0.3 is 23.7 Å². The first-order valence-corrected chi connectivity index (χ1v) is 16.7. The second kappa shape index (κ2) is 12.9. The number of hydrogen-bond donors (Lipinski definition) is 0. The molecule has 0 N–H and O–H groups in total. The van der Waals surface area contributed by atoms with E-state index >= 15 is 0 Å². The summed E-state index contributed by atoms with van der Waals surface area (Å²) in [7, 11) is 0. The van der Waals surface area contributed by atoms with Gasteiger partial charge in [0, 0.05) is 54.8 Å². The van der Waals surface area contributed by atoms with Crippen molar-refractivity contribution in [1.82, 2.24) is 19.4 Å². The predicted molar refractivity (Wildman–Crippen MR) is 180 cm³/mol. The van der Waals surface area contributed by atoms with Gasteiger partial charge in [-0.3, -0.25) is 4.90 Å². The highest BCUT2D eigenvalue weighted by molar-refractivity contribution is 7.18. The number of imidazole rings is 1. The number of rotatable bonds is 9. The van der Waals surface area contributed by atoms with Crippen LogP contribution in [-0.2, 0) is 28.4 Å². The number of para-hydroxylation sites is 1. The van der Waals surface area contributed by atoms with Crippen LogP contribution in [0, 0.1) is 13.8 Å². The van der Waals surface area contributed by atoms with E-state index in [0.29, 0.717) is 29.8 Å². The van der Waals surface area contributed by atoms with Crippen molar-refractivity contribution in [2.45, 2.75) is 38.8 Å². The maximum Gasteiger partial charge on any atom is 0.215 e. The number of anilines is 1. The summed E-state index contributed by atoms with van der Waals surface area (Å²) in [6.45, 7) is 10.2. The quantitative estimate of drug-likeness (QED) is 0.167. The zero-order valence-corrected chi connectivity index (χ0v) is 27.6. The summed E-state index contributed by atoms with van der Waals surface area (Å²) >= 11 is 14.6. The molecule has 2 aliphatic heterocycles. The van der Waals surface area contributed by atoms with Crippen molar-refractivity contribution >= 4 is 50.4 Å². The van der Waals surface area contributed by atoms with Gasteiger partial charge in [0.25, 0.3) is 0 Å². The monoisotopic (exact) mass is 663 g/mol. The van der Waals surface area contributed by atoms with Crippen molar-refractivity contribution in [3.8, 4) is 5.75 Å². The van der Waals surface area contributed by atoms with E-state index in [0.717, 1.165) is 60.7 Å². The molecule has 3 aromatic carbocycles. The lowest BCUT2D eigenvalue weighted by Crippen LogP contribution is -2.46. The lowest BCUT2D eigenvalue weighted by Gasteiger charge is -2.36. The Morgan fingerprint density at radius 3 is 2.56 bits per heavy atom. The Kier molecular flexibility index (Phi) is 8.74. The van der Waals surface area contributed by atoms with E-state index in [-0.39, 0.29) is 6.10 Å². The number of benzene rings is 3. The highest BCUT2D eigenvalue weighted by atomic mass is 35.5. The van der Waals surface area contributed by atoms with Gasteiger partial charge in [-0.1, -0.05) is 41.4 Å². The van der Waals surface area contributed by atoms with Gasteiger partial charge in [-0.2, -0.15) is 0 Å². The van der Waals surface area contributed by atoms with Gasteiger partial charge in [0.15, 0.2) is 0 Å². The van der Waals surface area contributed by atoms with Crippen molar-refractivity contribution in [3.05, 3.63) is 105 Å². The molecule has 234 valence electrons. The molecule has 0 aliphatic carbocycles. The molecule has 0 saturated carbocycles. The van der Waals surface area contributed by atoms with Gasteiger partial charge >= 0.3 is 0 Å². The smallest absolute Gasteiger partial charge is 0.215 e. The van der Waals surface area contributed by atoms with E-state index in [1.165, 1.54) is 15.4 Å². The molecule has 0 spiro atoms. The van der Waals surface area contributed by atoms with Gasteiger partial charge in [0.1, 0.15) is 23.5 Å². The SMILES string of the molecule is Cc1cc(N2CCN(Cc3nc4ccccc4s3)CC2)cc(C)c1OCC1COC(Cn2ccnc2)(c2ccc(Cl)cc2Cl)O1. The number of hydrogen-bond acceptors (Lipinski definition) is 8. The fourth-order valence-electron chi connectivity index (χ4n) is 6.23. The van der Waals surface area contributed by atoms with Gasteiger partial charge in [-0.15, -0.1) is 11.3 Å². The number of halogens is 2. The Balaban J connectivity index is 0.981. The largest absolute Gasteiger partial charge is 0.490 e. The molecular formula is C34H35Cl2N5O3S. The second-order valence-corrected chi connectivity index (χ2v) is 13.7. The van der Waals surface area contributed by atoms with Gasteiger partial charge in [-0.05, 0) is 61.4 Å². The molecule has 8 nitrogen and oxygen atoms in total. The molecule has 0 amide bonds. The highest BCUT2D eigenvalue weighted by Gasteiger charge is 2.45. The van der Waals surface area contributed by atoms with Crippen LogP contribution in [0.4, 0.5) is 5.69 Å². The lowest BCUT2D eigenvalue weighted by atomic mass is 10.1. The molecule has 2 atom stereocenters. The summed E-state index contributed by atoms with van der Waals surface area (Å²) in [6, 6.07) is 18.2. The Labute approximate surface area is 277 Å². The van der Waals surface area contributed by atoms with Crippen molar-refractivity contribution in [2.24, 2.45) is 0 Å². The Bertz CT molecular complexity index is 1730. The fraction of sp³-hybridized carbons (Fsp3) is 0.353. The molecule has 2 aliphatic rings. The molecule has 2 saturated heterocycles. The van der Waals surface area contributed by atoms with Crippen LogP contribution in [0.2, 0.25) is 10.0 Å². The zero-order chi connectivity index (χ0) is 31.0. The topological polar surface area (TPSA) is 64.9 Å². The van der Waals surface area contributed by atoms with Crippen LogP contribution in [0.25, 0.3) is 10.2 Å². The van der Waals surface area contributed by atoms with Crippen LogP contribution >= 0.6 is 34.5 Å². The molecular weight excluding hydrogens is 629 g/mol. The molecule has 0 bridgehead atoms. The van der Waals surface area contributed by atoms with Crippen LogP contribution in [0.3, 0.4) is 0 Å². The van der Waals surface area contributed by atoms with Crippen molar-refractivity contribution < 1.29 is 14.2 Å². The van der Waals surface area contributed by atoms with Crippen molar-refractivity contribution in [1.29, 1.82) is 0 Å². The minimum absolute atomic E-state index is 0.290. The molecule has 2 aromatic heterocycles. The summed E-state index contributed by atoms with van der Waals surface area (Å²) in [4.78, 5) is 14.0. The average molecular weight is 665 g/mol. The third kappa shape index (κ3) is 6.56. The van der Waals surface area contributed by atoms with E-state index in [9.17, 15) is 0 Å². The van der Waals surface area contributed by atoms with E-state index in [1.807, 2.05) is 16.8 Å². The van der Waals surface area contributed by atoms with Crippen molar-refractivity contribution in [3.63, 3.8) is 0 Å². The van der Waals surface area contributed by atoms with E-state index < -0.39 is 5.79 Å². The fourth-order valence-corrected chi connectivity index (χ4v) is 7.79. The first-order chi connectivity index (χ1) is 21.8. The maximum atomic E-state index is 6.63. The third-order valence-electron chi connectivity index (χ3n) is 8.44. The lowest BCUT2D eigenvalue weighted by molar-refractivity contribution is -0.189. The molecule has 0 radical (unpaired) electrons. The highest BCUT2D eigenvalue weighted by Crippen LogP contribution is 2.41. The summed E-state index contributed by atoms with van der Waals surface area (Å²) in [6.07, 6.45) is 5.05. The molecule has 7 rings (SSSR count). The normalized spacial score (nSPS) is 20.7. The van der Waals surface area contributed by atoms with Crippen LogP contribution in [0.5, 0.6) is 5.75 Å². The zero-order valence-electron chi connectivity index (χ0n) is 25.3. The number of ether oxygens (including phenoxy) is 3. The second-order valence-electron chi connectivity index (χ2n) is 11.7. The molecule has 45 heavy (non-hydrogen) atoms. The number of fused-ring (bicyclic) bond motifs is 1. The first kappa shape index (κ1) is 30.5. The molecule has 2 unspecified atom stereocenters. The number of aryl methyl sites for hydroxylation is 2. The molecule has 4 heterocycles. The van der Waals surface area contributed by atoms with Crippen LogP contribution in [0.1, 0.15) is 21.7 Å². The maximum absolute atomic E-state index is 6.63.